The summed E-state index contributed by atoms with van der Waals surface area (Å²) in [5.74, 6) is 0.887. The van der Waals surface area contributed by atoms with Crippen LogP contribution in [0.3, 0.4) is 0 Å². The molecular formula is C26H28N2O4. The molecule has 0 aliphatic rings. The lowest BCUT2D eigenvalue weighted by Gasteiger charge is -2.21. The lowest BCUT2D eigenvalue weighted by Crippen LogP contribution is -2.40. The van der Waals surface area contributed by atoms with Crippen molar-refractivity contribution in [1.82, 2.24) is 5.32 Å². The summed E-state index contributed by atoms with van der Waals surface area (Å²) in [6, 6.07) is 23.3. The average Bonchev–Trinajstić information content (AvgIpc) is 2.77. The van der Waals surface area contributed by atoms with Crippen molar-refractivity contribution in [3.8, 4) is 11.5 Å². The molecule has 0 aromatic heterocycles. The van der Waals surface area contributed by atoms with Gasteiger partial charge in [-0.1, -0.05) is 30.3 Å². The molecule has 6 heteroatoms. The van der Waals surface area contributed by atoms with Crippen molar-refractivity contribution in [2.24, 2.45) is 0 Å². The highest BCUT2D eigenvalue weighted by molar-refractivity contribution is 6.09. The zero-order chi connectivity index (χ0) is 23.0. The SMILES string of the molecule is CC(C)(C)NC(=O)c1ccccc1NC(=O)c1ccc(OCCOc2ccccc2)cc1. The van der Waals surface area contributed by atoms with Crippen molar-refractivity contribution in [3.63, 3.8) is 0 Å². The summed E-state index contributed by atoms with van der Waals surface area (Å²) in [6.07, 6.45) is 0. The first-order chi connectivity index (χ1) is 15.3. The highest BCUT2D eigenvalue weighted by Gasteiger charge is 2.19. The molecule has 3 aromatic carbocycles. The Kier molecular flexibility index (Phi) is 7.49. The Morgan fingerprint density at radius 1 is 0.719 bits per heavy atom. The first kappa shape index (κ1) is 22.9. The van der Waals surface area contributed by atoms with E-state index < -0.39 is 0 Å². The first-order valence-electron chi connectivity index (χ1n) is 10.5. The Hall–Kier alpha value is -3.80. The molecule has 0 atom stereocenters. The number of hydrogen-bond acceptors (Lipinski definition) is 4. The third-order valence-corrected chi connectivity index (χ3v) is 4.39. The van der Waals surface area contributed by atoms with E-state index in [0.29, 0.717) is 35.8 Å². The van der Waals surface area contributed by atoms with E-state index in [4.69, 9.17) is 9.47 Å². The van der Waals surface area contributed by atoms with Crippen LogP contribution in [0.4, 0.5) is 5.69 Å². The van der Waals surface area contributed by atoms with Gasteiger partial charge in [0.15, 0.2) is 0 Å². The van der Waals surface area contributed by atoms with Gasteiger partial charge in [0.1, 0.15) is 24.7 Å². The molecule has 3 aromatic rings. The molecule has 3 rings (SSSR count). The minimum absolute atomic E-state index is 0.241. The van der Waals surface area contributed by atoms with Crippen molar-refractivity contribution in [3.05, 3.63) is 90.0 Å². The minimum atomic E-state index is -0.379. The maximum atomic E-state index is 12.7. The maximum Gasteiger partial charge on any atom is 0.255 e. The summed E-state index contributed by atoms with van der Waals surface area (Å²) in [6.45, 7) is 6.52. The van der Waals surface area contributed by atoms with Crippen molar-refractivity contribution in [1.29, 1.82) is 0 Å². The number of benzene rings is 3. The third-order valence-electron chi connectivity index (χ3n) is 4.39. The molecule has 0 fully saturated rings. The number of anilines is 1. The molecule has 0 aliphatic carbocycles. The molecule has 32 heavy (non-hydrogen) atoms. The predicted octanol–water partition coefficient (Wildman–Crippen LogP) is 4.93. The summed E-state index contributed by atoms with van der Waals surface area (Å²) < 4.78 is 11.3. The highest BCUT2D eigenvalue weighted by Crippen LogP contribution is 2.19. The number of carbonyl (C=O) groups is 2. The van der Waals surface area contributed by atoms with E-state index in [-0.39, 0.29) is 17.4 Å². The van der Waals surface area contributed by atoms with Crippen molar-refractivity contribution in [2.45, 2.75) is 26.3 Å². The second-order valence-electron chi connectivity index (χ2n) is 8.24. The lowest BCUT2D eigenvalue weighted by molar-refractivity contribution is 0.0920. The standard InChI is InChI=1S/C26H28N2O4/c1-26(2,3)28-25(30)22-11-7-8-12-23(22)27-24(29)19-13-15-21(16-14-19)32-18-17-31-20-9-5-4-6-10-20/h4-16H,17-18H2,1-3H3,(H,27,29)(H,28,30). The summed E-state index contributed by atoms with van der Waals surface area (Å²) in [4.78, 5) is 25.3. The highest BCUT2D eigenvalue weighted by atomic mass is 16.5. The Morgan fingerprint density at radius 3 is 1.91 bits per heavy atom. The molecule has 2 N–H and O–H groups in total. The molecule has 166 valence electrons. The third kappa shape index (κ3) is 6.87. The number of para-hydroxylation sites is 2. The van der Waals surface area contributed by atoms with Gasteiger partial charge < -0.3 is 20.1 Å². The van der Waals surface area contributed by atoms with Gasteiger partial charge in [-0.2, -0.15) is 0 Å². The van der Waals surface area contributed by atoms with Crippen molar-refractivity contribution in [2.75, 3.05) is 18.5 Å². The number of ether oxygens (including phenoxy) is 2. The summed E-state index contributed by atoms with van der Waals surface area (Å²) in [5, 5.41) is 5.74. The molecule has 0 saturated heterocycles. The maximum absolute atomic E-state index is 12.7. The average molecular weight is 433 g/mol. The van der Waals surface area contributed by atoms with Gasteiger partial charge in [0.25, 0.3) is 11.8 Å². The van der Waals surface area contributed by atoms with Crippen molar-refractivity contribution >= 4 is 17.5 Å². The topological polar surface area (TPSA) is 76.7 Å². The Balaban J connectivity index is 1.55. The van der Waals surface area contributed by atoms with Crippen LogP contribution < -0.4 is 20.1 Å². The van der Waals surface area contributed by atoms with Crippen LogP contribution in [0.2, 0.25) is 0 Å². The van der Waals surface area contributed by atoms with E-state index >= 15 is 0 Å². The lowest BCUT2D eigenvalue weighted by atomic mass is 10.1. The van der Waals surface area contributed by atoms with E-state index in [1.165, 1.54) is 0 Å². The second-order valence-corrected chi connectivity index (χ2v) is 8.24. The van der Waals surface area contributed by atoms with Gasteiger partial charge in [0.2, 0.25) is 0 Å². The Bertz CT molecular complexity index is 1040. The minimum Gasteiger partial charge on any atom is -0.490 e. The number of rotatable bonds is 8. The van der Waals surface area contributed by atoms with Gasteiger partial charge in [-0.05, 0) is 69.3 Å². The van der Waals surface area contributed by atoms with E-state index in [9.17, 15) is 9.59 Å². The molecule has 6 nitrogen and oxygen atoms in total. The predicted molar refractivity (Wildman–Crippen MR) is 125 cm³/mol. The number of hydrogen-bond donors (Lipinski definition) is 2. The number of amides is 2. The van der Waals surface area contributed by atoms with Crippen LogP contribution in [0.25, 0.3) is 0 Å². The molecule has 0 bridgehead atoms. The fourth-order valence-corrected chi connectivity index (χ4v) is 2.93. The van der Waals surface area contributed by atoms with Crippen LogP contribution in [0.5, 0.6) is 11.5 Å². The summed E-state index contributed by atoms with van der Waals surface area (Å²) in [7, 11) is 0. The molecule has 0 saturated carbocycles. The van der Waals surface area contributed by atoms with Gasteiger partial charge in [0.05, 0.1) is 11.3 Å². The quantitative estimate of drug-likeness (QED) is 0.495. The van der Waals surface area contributed by atoms with Crippen LogP contribution >= 0.6 is 0 Å². The van der Waals surface area contributed by atoms with Crippen LogP contribution in [0, 0.1) is 0 Å². The van der Waals surface area contributed by atoms with Gasteiger partial charge in [-0.15, -0.1) is 0 Å². The molecule has 0 spiro atoms. The largest absolute Gasteiger partial charge is 0.490 e. The molecule has 0 unspecified atom stereocenters. The molecular weight excluding hydrogens is 404 g/mol. The zero-order valence-corrected chi connectivity index (χ0v) is 18.6. The Labute approximate surface area is 188 Å². The van der Waals surface area contributed by atoms with Gasteiger partial charge >= 0.3 is 0 Å². The van der Waals surface area contributed by atoms with Gasteiger partial charge in [-0.25, -0.2) is 0 Å². The first-order valence-corrected chi connectivity index (χ1v) is 10.5. The smallest absolute Gasteiger partial charge is 0.255 e. The van der Waals surface area contributed by atoms with E-state index in [1.807, 2.05) is 51.1 Å². The van der Waals surface area contributed by atoms with E-state index in [0.717, 1.165) is 5.75 Å². The Morgan fingerprint density at radius 2 is 1.28 bits per heavy atom. The van der Waals surface area contributed by atoms with Crippen LogP contribution in [-0.2, 0) is 0 Å². The molecule has 0 aliphatic heterocycles. The molecule has 2 amide bonds. The monoisotopic (exact) mass is 432 g/mol. The van der Waals surface area contributed by atoms with Crippen LogP contribution in [0.15, 0.2) is 78.9 Å². The fourth-order valence-electron chi connectivity index (χ4n) is 2.93. The summed E-state index contributed by atoms with van der Waals surface area (Å²) in [5.41, 5.74) is 0.951. The molecule has 0 radical (unpaired) electrons. The fraction of sp³-hybridized carbons (Fsp3) is 0.231. The zero-order valence-electron chi connectivity index (χ0n) is 18.6. The van der Waals surface area contributed by atoms with Gasteiger partial charge in [-0.3, -0.25) is 9.59 Å². The molecule has 0 heterocycles. The van der Waals surface area contributed by atoms with Crippen LogP contribution in [-0.4, -0.2) is 30.6 Å². The second kappa shape index (κ2) is 10.5. The summed E-state index contributed by atoms with van der Waals surface area (Å²) >= 11 is 0. The van der Waals surface area contributed by atoms with Crippen LogP contribution in [0.1, 0.15) is 41.5 Å². The number of carbonyl (C=O) groups excluding carboxylic acids is 2. The van der Waals surface area contributed by atoms with Gasteiger partial charge in [0, 0.05) is 11.1 Å². The normalized spacial score (nSPS) is 10.8. The van der Waals surface area contributed by atoms with E-state index in [2.05, 4.69) is 10.6 Å². The van der Waals surface area contributed by atoms with E-state index in [1.54, 1.807) is 48.5 Å². The van der Waals surface area contributed by atoms with Crippen molar-refractivity contribution < 1.29 is 19.1 Å². The number of nitrogens with one attached hydrogen (secondary N) is 2.